The summed E-state index contributed by atoms with van der Waals surface area (Å²) in [5.74, 6) is -0.931. The first-order chi connectivity index (χ1) is 6.20. The Hall–Kier alpha value is -0.650. The fourth-order valence-corrected chi connectivity index (χ4v) is 1.20. The smallest absolute Gasteiger partial charge is 0.329 e. The molecule has 1 saturated heterocycles. The first-order valence-corrected chi connectivity index (χ1v) is 4.27. The molecule has 5 nitrogen and oxygen atoms in total. The van der Waals surface area contributed by atoms with Gasteiger partial charge in [0, 0.05) is 6.54 Å². The molecule has 0 radical (unpaired) electrons. The molecule has 0 amide bonds. The molecule has 1 atom stereocenters. The predicted octanol–water partition coefficient (Wildman–Crippen LogP) is -0.582. The molecule has 1 N–H and O–H groups in total. The van der Waals surface area contributed by atoms with Gasteiger partial charge in [0.15, 0.2) is 0 Å². The summed E-state index contributed by atoms with van der Waals surface area (Å²) >= 11 is 0. The summed E-state index contributed by atoms with van der Waals surface area (Å²) in [5, 5.41) is 8.34. The largest absolute Gasteiger partial charge is 0.480 e. The molecule has 5 heteroatoms. The number of morpholine rings is 1. The SMILES string of the molecule is CN1CCOCC1COCC(=O)O. The summed E-state index contributed by atoms with van der Waals surface area (Å²) in [6.45, 7) is 2.43. The molecule has 1 unspecified atom stereocenters. The Morgan fingerprint density at radius 2 is 2.54 bits per heavy atom. The van der Waals surface area contributed by atoms with Gasteiger partial charge in [0.25, 0.3) is 0 Å². The van der Waals surface area contributed by atoms with E-state index in [2.05, 4.69) is 4.90 Å². The molecule has 0 aliphatic carbocycles. The maximum absolute atomic E-state index is 10.2. The van der Waals surface area contributed by atoms with Gasteiger partial charge in [0.1, 0.15) is 6.61 Å². The monoisotopic (exact) mass is 189 g/mol. The lowest BCUT2D eigenvalue weighted by atomic mass is 10.2. The molecule has 0 aromatic heterocycles. The maximum atomic E-state index is 10.2. The van der Waals surface area contributed by atoms with Gasteiger partial charge in [-0.05, 0) is 7.05 Å². The highest BCUT2D eigenvalue weighted by molar-refractivity contribution is 5.67. The molecule has 1 aliphatic rings. The average molecular weight is 189 g/mol. The molecule has 0 aromatic rings. The number of aliphatic carboxylic acids is 1. The molecule has 1 rings (SSSR count). The van der Waals surface area contributed by atoms with Crippen molar-refractivity contribution in [2.75, 3.05) is 40.0 Å². The van der Waals surface area contributed by atoms with Gasteiger partial charge < -0.3 is 14.6 Å². The molecule has 1 fully saturated rings. The number of rotatable bonds is 4. The van der Waals surface area contributed by atoms with Crippen molar-refractivity contribution >= 4 is 5.97 Å². The number of carboxylic acids is 1. The summed E-state index contributed by atoms with van der Waals surface area (Å²) in [4.78, 5) is 12.3. The van der Waals surface area contributed by atoms with Gasteiger partial charge >= 0.3 is 5.97 Å². The van der Waals surface area contributed by atoms with Crippen LogP contribution in [0.25, 0.3) is 0 Å². The minimum absolute atomic E-state index is 0.188. The lowest BCUT2D eigenvalue weighted by Gasteiger charge is -2.31. The van der Waals surface area contributed by atoms with Crippen LogP contribution in [0.1, 0.15) is 0 Å². The van der Waals surface area contributed by atoms with Crippen molar-refractivity contribution in [2.45, 2.75) is 6.04 Å². The van der Waals surface area contributed by atoms with Crippen molar-refractivity contribution in [1.29, 1.82) is 0 Å². The molecular weight excluding hydrogens is 174 g/mol. The van der Waals surface area contributed by atoms with Crippen molar-refractivity contribution in [3.63, 3.8) is 0 Å². The Labute approximate surface area is 77.2 Å². The number of likely N-dealkylation sites (N-methyl/N-ethyl adjacent to an activating group) is 1. The van der Waals surface area contributed by atoms with E-state index in [0.29, 0.717) is 13.2 Å². The number of hydrogen-bond acceptors (Lipinski definition) is 4. The van der Waals surface area contributed by atoms with Crippen LogP contribution in [0.3, 0.4) is 0 Å². The molecule has 1 heterocycles. The molecule has 0 spiro atoms. The zero-order chi connectivity index (χ0) is 9.68. The van der Waals surface area contributed by atoms with Crippen LogP contribution in [0, 0.1) is 0 Å². The number of carbonyl (C=O) groups is 1. The summed E-state index contributed by atoms with van der Waals surface area (Å²) in [5.41, 5.74) is 0. The second-order valence-electron chi connectivity index (χ2n) is 3.12. The minimum atomic E-state index is -0.931. The van der Waals surface area contributed by atoms with Crippen LogP contribution >= 0.6 is 0 Å². The lowest BCUT2D eigenvalue weighted by molar-refractivity contribution is -0.143. The van der Waals surface area contributed by atoms with Gasteiger partial charge in [-0.25, -0.2) is 4.79 Å². The van der Waals surface area contributed by atoms with Crippen molar-refractivity contribution in [1.82, 2.24) is 4.90 Å². The van der Waals surface area contributed by atoms with Crippen LogP contribution in [0.15, 0.2) is 0 Å². The van der Waals surface area contributed by atoms with E-state index in [1.54, 1.807) is 0 Å². The minimum Gasteiger partial charge on any atom is -0.480 e. The third-order valence-corrected chi connectivity index (χ3v) is 2.06. The Bertz CT molecular complexity index is 174. The predicted molar refractivity (Wildman–Crippen MR) is 45.7 cm³/mol. The topological polar surface area (TPSA) is 59.0 Å². The van der Waals surface area contributed by atoms with E-state index >= 15 is 0 Å². The van der Waals surface area contributed by atoms with Crippen LogP contribution in [0.2, 0.25) is 0 Å². The normalized spacial score (nSPS) is 24.5. The van der Waals surface area contributed by atoms with E-state index in [-0.39, 0.29) is 12.6 Å². The molecule has 0 bridgehead atoms. The van der Waals surface area contributed by atoms with Gasteiger partial charge in [-0.2, -0.15) is 0 Å². The quantitative estimate of drug-likeness (QED) is 0.641. The molecule has 13 heavy (non-hydrogen) atoms. The highest BCUT2D eigenvalue weighted by Gasteiger charge is 2.19. The number of nitrogens with zero attached hydrogens (tertiary/aromatic N) is 1. The fraction of sp³-hybridized carbons (Fsp3) is 0.875. The second-order valence-corrected chi connectivity index (χ2v) is 3.12. The Balaban J connectivity index is 2.15. The summed E-state index contributed by atoms with van der Waals surface area (Å²) in [7, 11) is 1.98. The fourth-order valence-electron chi connectivity index (χ4n) is 1.20. The van der Waals surface area contributed by atoms with Crippen LogP contribution in [0.4, 0.5) is 0 Å². The average Bonchev–Trinajstić information content (AvgIpc) is 2.08. The van der Waals surface area contributed by atoms with Crippen molar-refractivity contribution in [3.05, 3.63) is 0 Å². The van der Waals surface area contributed by atoms with Crippen LogP contribution in [0.5, 0.6) is 0 Å². The van der Waals surface area contributed by atoms with Gasteiger partial charge in [-0.1, -0.05) is 0 Å². The van der Waals surface area contributed by atoms with Gasteiger partial charge in [-0.3, -0.25) is 4.90 Å². The zero-order valence-electron chi connectivity index (χ0n) is 7.73. The Morgan fingerprint density at radius 3 is 3.15 bits per heavy atom. The van der Waals surface area contributed by atoms with E-state index in [1.165, 1.54) is 0 Å². The molecular formula is C8H15NO4. The van der Waals surface area contributed by atoms with Gasteiger partial charge in [0.2, 0.25) is 0 Å². The van der Waals surface area contributed by atoms with Crippen molar-refractivity contribution in [2.24, 2.45) is 0 Å². The number of hydrogen-bond donors (Lipinski definition) is 1. The van der Waals surface area contributed by atoms with Crippen LogP contribution in [-0.2, 0) is 14.3 Å². The third-order valence-electron chi connectivity index (χ3n) is 2.06. The first kappa shape index (κ1) is 10.4. The van der Waals surface area contributed by atoms with Gasteiger partial charge in [-0.15, -0.1) is 0 Å². The summed E-state index contributed by atoms with van der Waals surface area (Å²) in [6, 6.07) is 0.188. The maximum Gasteiger partial charge on any atom is 0.329 e. The molecule has 0 aromatic carbocycles. The van der Waals surface area contributed by atoms with E-state index in [1.807, 2.05) is 7.05 Å². The zero-order valence-corrected chi connectivity index (χ0v) is 7.73. The molecule has 1 aliphatic heterocycles. The number of carboxylic acid groups (broad SMARTS) is 1. The first-order valence-electron chi connectivity index (χ1n) is 4.27. The highest BCUT2D eigenvalue weighted by atomic mass is 16.5. The van der Waals surface area contributed by atoms with E-state index in [4.69, 9.17) is 14.6 Å². The molecule has 0 saturated carbocycles. The van der Waals surface area contributed by atoms with E-state index < -0.39 is 5.97 Å². The lowest BCUT2D eigenvalue weighted by Crippen LogP contribution is -2.45. The standard InChI is InChI=1S/C8H15NO4/c1-9-2-3-12-4-7(9)5-13-6-8(10)11/h7H,2-6H2,1H3,(H,10,11). The molecule has 76 valence electrons. The van der Waals surface area contributed by atoms with Gasteiger partial charge in [0.05, 0.1) is 25.9 Å². The highest BCUT2D eigenvalue weighted by Crippen LogP contribution is 2.03. The van der Waals surface area contributed by atoms with E-state index in [9.17, 15) is 4.79 Å². The Morgan fingerprint density at radius 1 is 1.77 bits per heavy atom. The summed E-state index contributed by atoms with van der Waals surface area (Å²) in [6.07, 6.45) is 0. The Kier molecular flexibility index (Phi) is 4.14. The van der Waals surface area contributed by atoms with Crippen molar-refractivity contribution in [3.8, 4) is 0 Å². The van der Waals surface area contributed by atoms with Crippen LogP contribution < -0.4 is 0 Å². The van der Waals surface area contributed by atoms with Crippen LogP contribution in [-0.4, -0.2) is 62.0 Å². The van der Waals surface area contributed by atoms with E-state index in [0.717, 1.165) is 13.2 Å². The third kappa shape index (κ3) is 3.71. The van der Waals surface area contributed by atoms with Crippen molar-refractivity contribution < 1.29 is 19.4 Å². The second kappa shape index (κ2) is 5.16. The number of ether oxygens (including phenoxy) is 2. The summed E-state index contributed by atoms with van der Waals surface area (Å²) < 4.78 is 10.2.